The van der Waals surface area contributed by atoms with E-state index in [-0.39, 0.29) is 22.9 Å². The summed E-state index contributed by atoms with van der Waals surface area (Å²) in [4.78, 5) is 11.7. The van der Waals surface area contributed by atoms with Gasteiger partial charge in [0.25, 0.3) is 10.0 Å². The Kier molecular flexibility index (Phi) is 7.85. The highest BCUT2D eigenvalue weighted by Crippen LogP contribution is 2.33. The molecule has 0 unspecified atom stereocenters. The fraction of sp³-hybridized carbons (Fsp3) is 0.241. The lowest BCUT2D eigenvalue weighted by molar-refractivity contribution is 0.591. The van der Waals surface area contributed by atoms with Crippen molar-refractivity contribution in [2.45, 2.75) is 51.6 Å². The molecule has 0 bridgehead atoms. The highest BCUT2D eigenvalue weighted by molar-refractivity contribution is 7.90. The molecule has 0 fully saturated rings. The highest BCUT2D eigenvalue weighted by Gasteiger charge is 2.27. The Balaban J connectivity index is 1.92. The van der Waals surface area contributed by atoms with Crippen LogP contribution in [0.2, 0.25) is 5.02 Å². The molecule has 1 heterocycles. The minimum absolute atomic E-state index is 0.164. The molecule has 0 aliphatic carbocycles. The minimum Gasteiger partial charge on any atom is -0.293 e. The lowest BCUT2D eigenvalue weighted by Crippen LogP contribution is -2.48. The zero-order valence-corrected chi connectivity index (χ0v) is 23.2. The van der Waals surface area contributed by atoms with Crippen LogP contribution in [0.15, 0.2) is 88.8 Å². The molecule has 192 valence electrons. The average molecular weight is 535 g/mol. The molecule has 37 heavy (non-hydrogen) atoms. The van der Waals surface area contributed by atoms with Gasteiger partial charge >= 0.3 is 0 Å². The van der Waals surface area contributed by atoms with E-state index in [9.17, 15) is 8.42 Å². The Morgan fingerprint density at radius 2 is 1.62 bits per heavy atom. The number of guanidine groups is 1. The van der Waals surface area contributed by atoms with E-state index in [2.05, 4.69) is 4.72 Å². The van der Waals surface area contributed by atoms with Gasteiger partial charge in [0, 0.05) is 28.1 Å². The van der Waals surface area contributed by atoms with Crippen LogP contribution >= 0.6 is 11.6 Å². The second-order valence-corrected chi connectivity index (χ2v) is 11.6. The predicted molar refractivity (Wildman–Crippen MR) is 154 cm³/mol. The average Bonchev–Trinajstić information content (AvgIpc) is 2.84. The van der Waals surface area contributed by atoms with Crippen molar-refractivity contribution in [1.82, 2.24) is 9.71 Å². The summed E-state index contributed by atoms with van der Waals surface area (Å²) < 4.78 is 29.6. The molecular formula is C29H31ClN4O2S. The number of benzene rings is 3. The minimum atomic E-state index is -3.91. The molecule has 4 rings (SSSR count). The standard InChI is InChI=1S/C29H31ClN4O2S/c1-19(2)31-29(33-37(35,36)25-15-11-21(5)12-16-25)34(20(3)4)28-26-18-24(30)14-13-23(26)17-27(32-28)22-9-7-6-8-10-22/h6-20H,1-5H3,(H,31,33). The zero-order chi connectivity index (χ0) is 26.7. The monoisotopic (exact) mass is 534 g/mol. The summed E-state index contributed by atoms with van der Waals surface area (Å²) in [6.07, 6.45) is 0. The fourth-order valence-corrected chi connectivity index (χ4v) is 5.19. The lowest BCUT2D eigenvalue weighted by atomic mass is 10.1. The van der Waals surface area contributed by atoms with Crippen molar-refractivity contribution in [2.24, 2.45) is 4.99 Å². The zero-order valence-electron chi connectivity index (χ0n) is 21.6. The van der Waals surface area contributed by atoms with E-state index in [1.54, 1.807) is 24.3 Å². The van der Waals surface area contributed by atoms with E-state index in [0.29, 0.717) is 10.8 Å². The van der Waals surface area contributed by atoms with Crippen LogP contribution in [0.1, 0.15) is 33.3 Å². The van der Waals surface area contributed by atoms with Crippen LogP contribution in [0.25, 0.3) is 22.0 Å². The number of aryl methyl sites for hydroxylation is 1. The van der Waals surface area contributed by atoms with Gasteiger partial charge in [-0.2, -0.15) is 0 Å². The van der Waals surface area contributed by atoms with Crippen LogP contribution < -0.4 is 9.62 Å². The maximum Gasteiger partial charge on any atom is 0.264 e. The largest absolute Gasteiger partial charge is 0.293 e. The first-order valence-electron chi connectivity index (χ1n) is 12.2. The molecule has 0 aliphatic heterocycles. The summed E-state index contributed by atoms with van der Waals surface area (Å²) >= 11 is 6.41. The SMILES string of the molecule is Cc1ccc(S(=O)(=O)NC(=NC(C)C)N(c2nc(-c3ccccc3)cc3ccc(Cl)cc23)C(C)C)cc1. The number of nitrogens with one attached hydrogen (secondary N) is 1. The van der Waals surface area contributed by atoms with E-state index in [0.717, 1.165) is 27.6 Å². The van der Waals surface area contributed by atoms with Gasteiger partial charge < -0.3 is 0 Å². The molecule has 0 aliphatic rings. The topological polar surface area (TPSA) is 74.7 Å². The first-order valence-corrected chi connectivity index (χ1v) is 14.0. The maximum atomic E-state index is 13.4. The molecule has 0 spiro atoms. The van der Waals surface area contributed by atoms with E-state index in [4.69, 9.17) is 21.6 Å². The lowest BCUT2D eigenvalue weighted by Gasteiger charge is -2.31. The molecule has 8 heteroatoms. The third-order valence-corrected chi connectivity index (χ3v) is 7.33. The number of anilines is 1. The maximum absolute atomic E-state index is 13.4. The Morgan fingerprint density at radius 1 is 0.946 bits per heavy atom. The number of hydrogen-bond donors (Lipinski definition) is 1. The van der Waals surface area contributed by atoms with Crippen molar-refractivity contribution >= 4 is 44.2 Å². The van der Waals surface area contributed by atoms with Crippen molar-refractivity contribution in [3.8, 4) is 11.3 Å². The molecular weight excluding hydrogens is 504 g/mol. The Labute approximate surface area is 224 Å². The van der Waals surface area contributed by atoms with Crippen molar-refractivity contribution in [2.75, 3.05) is 4.90 Å². The van der Waals surface area contributed by atoms with Gasteiger partial charge in [-0.1, -0.05) is 65.7 Å². The van der Waals surface area contributed by atoms with Gasteiger partial charge in [-0.3, -0.25) is 4.90 Å². The van der Waals surface area contributed by atoms with Crippen molar-refractivity contribution in [1.29, 1.82) is 0 Å². The van der Waals surface area contributed by atoms with Crippen LogP contribution in [-0.4, -0.2) is 31.4 Å². The van der Waals surface area contributed by atoms with Crippen LogP contribution in [-0.2, 0) is 10.0 Å². The molecule has 3 aromatic carbocycles. The number of rotatable bonds is 6. The van der Waals surface area contributed by atoms with E-state index in [1.165, 1.54) is 0 Å². The second kappa shape index (κ2) is 10.9. The van der Waals surface area contributed by atoms with Crippen molar-refractivity contribution < 1.29 is 8.42 Å². The predicted octanol–water partition coefficient (Wildman–Crippen LogP) is 6.82. The van der Waals surface area contributed by atoms with Crippen LogP contribution in [0.4, 0.5) is 5.82 Å². The van der Waals surface area contributed by atoms with Gasteiger partial charge in [0.1, 0.15) is 5.82 Å². The van der Waals surface area contributed by atoms with Crippen molar-refractivity contribution in [3.63, 3.8) is 0 Å². The highest BCUT2D eigenvalue weighted by atomic mass is 35.5. The van der Waals surface area contributed by atoms with E-state index < -0.39 is 10.0 Å². The molecule has 0 atom stereocenters. The van der Waals surface area contributed by atoms with Gasteiger partial charge in [-0.05, 0) is 70.3 Å². The smallest absolute Gasteiger partial charge is 0.264 e. The summed E-state index contributed by atoms with van der Waals surface area (Å²) in [7, 11) is -3.91. The Morgan fingerprint density at radius 3 is 2.24 bits per heavy atom. The van der Waals surface area contributed by atoms with Gasteiger partial charge in [-0.15, -0.1) is 0 Å². The summed E-state index contributed by atoms with van der Waals surface area (Å²) in [6, 6.07) is 23.9. The second-order valence-electron chi connectivity index (χ2n) is 9.49. The molecule has 0 saturated carbocycles. The van der Waals surface area contributed by atoms with Gasteiger partial charge in [0.2, 0.25) is 5.96 Å². The van der Waals surface area contributed by atoms with Gasteiger partial charge in [0.15, 0.2) is 0 Å². The van der Waals surface area contributed by atoms with Gasteiger partial charge in [0.05, 0.1) is 10.6 Å². The third-order valence-electron chi connectivity index (χ3n) is 5.75. The molecule has 0 radical (unpaired) electrons. The molecule has 0 amide bonds. The molecule has 6 nitrogen and oxygen atoms in total. The number of fused-ring (bicyclic) bond motifs is 1. The number of nitrogens with zero attached hydrogens (tertiary/aromatic N) is 3. The van der Waals surface area contributed by atoms with E-state index >= 15 is 0 Å². The normalized spacial score (nSPS) is 12.4. The molecule has 1 N–H and O–H groups in total. The number of sulfonamides is 1. The summed E-state index contributed by atoms with van der Waals surface area (Å²) in [5, 5.41) is 2.30. The van der Waals surface area contributed by atoms with E-state index in [1.807, 2.05) is 94.1 Å². The number of aliphatic imine (C=N–C) groups is 1. The number of aromatic nitrogens is 1. The fourth-order valence-electron chi connectivity index (χ4n) is 4.01. The number of hydrogen-bond acceptors (Lipinski definition) is 4. The Bertz CT molecular complexity index is 1530. The summed E-state index contributed by atoms with van der Waals surface area (Å²) in [5.74, 6) is 0.768. The number of pyridine rings is 1. The summed E-state index contributed by atoms with van der Waals surface area (Å²) in [5.41, 5.74) is 2.69. The van der Waals surface area contributed by atoms with Crippen LogP contribution in [0.3, 0.4) is 0 Å². The first-order chi connectivity index (χ1) is 17.5. The van der Waals surface area contributed by atoms with Crippen LogP contribution in [0, 0.1) is 6.92 Å². The first kappa shape index (κ1) is 26.6. The van der Waals surface area contributed by atoms with Crippen LogP contribution in [0.5, 0.6) is 0 Å². The molecule has 0 saturated heterocycles. The van der Waals surface area contributed by atoms with Crippen molar-refractivity contribution in [3.05, 3.63) is 89.4 Å². The summed E-state index contributed by atoms with van der Waals surface area (Å²) in [6.45, 7) is 9.67. The van der Waals surface area contributed by atoms with Gasteiger partial charge in [-0.25, -0.2) is 23.1 Å². The molecule has 4 aromatic rings. The quantitative estimate of drug-likeness (QED) is 0.217. The molecule has 1 aromatic heterocycles. The Hall–Kier alpha value is -3.42. The number of halogens is 1. The third kappa shape index (κ3) is 6.12.